The first-order chi connectivity index (χ1) is 9.72. The quantitative estimate of drug-likeness (QED) is 0.843. The monoisotopic (exact) mass is 273 g/mol. The Labute approximate surface area is 116 Å². The molecule has 20 heavy (non-hydrogen) atoms. The Morgan fingerprint density at radius 2 is 1.95 bits per heavy atom. The van der Waals surface area contributed by atoms with Gasteiger partial charge in [-0.2, -0.15) is 0 Å². The number of aliphatic hydroxyl groups is 1. The summed E-state index contributed by atoms with van der Waals surface area (Å²) in [5, 5.41) is 8.89. The lowest BCUT2D eigenvalue weighted by Crippen LogP contribution is -2.02. The number of hydrogen-bond donors (Lipinski definition) is 1. The molecule has 0 spiro atoms. The number of aromatic nitrogens is 1. The summed E-state index contributed by atoms with van der Waals surface area (Å²) in [5.74, 6) is 0.264. The van der Waals surface area contributed by atoms with Crippen molar-refractivity contribution < 1.29 is 19.4 Å². The van der Waals surface area contributed by atoms with E-state index in [2.05, 4.69) is 9.72 Å². The van der Waals surface area contributed by atoms with E-state index in [9.17, 15) is 4.79 Å². The zero-order chi connectivity index (χ0) is 14.4. The predicted molar refractivity (Wildman–Crippen MR) is 72.3 cm³/mol. The third kappa shape index (κ3) is 3.55. The maximum absolute atomic E-state index is 11.3. The highest BCUT2D eigenvalue weighted by Gasteiger charge is 2.04. The van der Waals surface area contributed by atoms with E-state index >= 15 is 0 Å². The summed E-state index contributed by atoms with van der Waals surface area (Å²) < 4.78 is 10.2. The van der Waals surface area contributed by atoms with E-state index < -0.39 is 0 Å². The number of esters is 1. The Morgan fingerprint density at radius 3 is 2.50 bits per heavy atom. The number of carbonyl (C=O) groups is 1. The number of nitrogens with zero attached hydrogens (tertiary/aromatic N) is 1. The molecule has 0 fully saturated rings. The Balaban J connectivity index is 1.94. The molecule has 0 aliphatic carbocycles. The lowest BCUT2D eigenvalue weighted by molar-refractivity contribution is 0.0600. The molecule has 0 saturated carbocycles. The van der Waals surface area contributed by atoms with Crippen molar-refractivity contribution in [3.05, 3.63) is 59.4 Å². The Kier molecular flexibility index (Phi) is 4.68. The van der Waals surface area contributed by atoms with Crippen molar-refractivity contribution in [1.82, 2.24) is 4.98 Å². The summed E-state index contributed by atoms with van der Waals surface area (Å²) in [6, 6.07) is 10.5. The Bertz CT molecular complexity index is 563. The lowest BCUT2D eigenvalue weighted by atomic mass is 10.1. The molecule has 0 atom stereocenters. The van der Waals surface area contributed by atoms with Crippen molar-refractivity contribution in [1.29, 1.82) is 0 Å². The number of pyridine rings is 1. The van der Waals surface area contributed by atoms with Gasteiger partial charge in [0.05, 0.1) is 31.2 Å². The van der Waals surface area contributed by atoms with E-state index in [1.807, 2.05) is 12.1 Å². The first-order valence-electron chi connectivity index (χ1n) is 6.09. The zero-order valence-corrected chi connectivity index (χ0v) is 11.1. The molecule has 104 valence electrons. The minimum Gasteiger partial charge on any atom is -0.487 e. The zero-order valence-electron chi connectivity index (χ0n) is 11.1. The van der Waals surface area contributed by atoms with Crippen LogP contribution in [0.5, 0.6) is 5.75 Å². The van der Waals surface area contributed by atoms with E-state index in [0.29, 0.717) is 23.6 Å². The van der Waals surface area contributed by atoms with Crippen LogP contribution in [-0.4, -0.2) is 23.2 Å². The van der Waals surface area contributed by atoms with Gasteiger partial charge in [-0.3, -0.25) is 4.98 Å². The van der Waals surface area contributed by atoms with Crippen LogP contribution < -0.4 is 4.74 Å². The average molecular weight is 273 g/mol. The molecule has 2 aromatic rings. The van der Waals surface area contributed by atoms with E-state index in [4.69, 9.17) is 9.84 Å². The molecular weight excluding hydrogens is 258 g/mol. The standard InChI is InChI=1S/C15H15NO4/c1-19-15(18)12-4-2-11(3-5-12)10-20-14-7-6-13(9-17)16-8-14/h2-8,17H,9-10H2,1H3. The van der Waals surface area contributed by atoms with Gasteiger partial charge in [-0.1, -0.05) is 12.1 Å². The van der Waals surface area contributed by atoms with Gasteiger partial charge in [-0.05, 0) is 29.8 Å². The number of hydrogen-bond acceptors (Lipinski definition) is 5. The van der Waals surface area contributed by atoms with Crippen LogP contribution in [-0.2, 0) is 18.0 Å². The first-order valence-corrected chi connectivity index (χ1v) is 6.09. The van der Waals surface area contributed by atoms with Crippen molar-refractivity contribution in [2.24, 2.45) is 0 Å². The number of rotatable bonds is 5. The van der Waals surface area contributed by atoms with Gasteiger partial charge in [0.25, 0.3) is 0 Å². The Hall–Kier alpha value is -2.40. The van der Waals surface area contributed by atoms with Gasteiger partial charge in [0.15, 0.2) is 0 Å². The summed E-state index contributed by atoms with van der Waals surface area (Å²) in [4.78, 5) is 15.3. The number of aliphatic hydroxyl groups excluding tert-OH is 1. The minimum absolute atomic E-state index is 0.0880. The number of ether oxygens (including phenoxy) is 2. The molecule has 2 rings (SSSR count). The smallest absolute Gasteiger partial charge is 0.337 e. The van der Waals surface area contributed by atoms with E-state index in [0.717, 1.165) is 5.56 Å². The highest BCUT2D eigenvalue weighted by Crippen LogP contribution is 2.13. The molecule has 0 aliphatic heterocycles. The summed E-state index contributed by atoms with van der Waals surface area (Å²) in [6.45, 7) is 0.289. The molecule has 5 heteroatoms. The average Bonchev–Trinajstić information content (AvgIpc) is 2.53. The molecule has 1 heterocycles. The molecule has 0 aliphatic rings. The van der Waals surface area contributed by atoms with Gasteiger partial charge >= 0.3 is 5.97 Å². The van der Waals surface area contributed by atoms with Crippen LogP contribution >= 0.6 is 0 Å². The van der Waals surface area contributed by atoms with E-state index in [-0.39, 0.29) is 12.6 Å². The van der Waals surface area contributed by atoms with Crippen LogP contribution in [0.1, 0.15) is 21.6 Å². The molecule has 1 aromatic carbocycles. The molecule has 1 aromatic heterocycles. The first kappa shape index (κ1) is 14.0. The third-order valence-electron chi connectivity index (χ3n) is 2.74. The van der Waals surface area contributed by atoms with Crippen LogP contribution in [0.4, 0.5) is 0 Å². The third-order valence-corrected chi connectivity index (χ3v) is 2.74. The van der Waals surface area contributed by atoms with Gasteiger partial charge in [0.2, 0.25) is 0 Å². The number of benzene rings is 1. The fourth-order valence-electron chi connectivity index (χ4n) is 1.61. The summed E-state index contributed by atoms with van der Waals surface area (Å²) in [6.07, 6.45) is 1.56. The fraction of sp³-hybridized carbons (Fsp3) is 0.200. The molecular formula is C15H15NO4. The second kappa shape index (κ2) is 6.68. The highest BCUT2D eigenvalue weighted by molar-refractivity contribution is 5.89. The summed E-state index contributed by atoms with van der Waals surface area (Å²) >= 11 is 0. The van der Waals surface area contributed by atoms with Crippen molar-refractivity contribution in [2.75, 3.05) is 7.11 Å². The van der Waals surface area contributed by atoms with Gasteiger partial charge in [0.1, 0.15) is 12.4 Å². The molecule has 0 saturated heterocycles. The molecule has 5 nitrogen and oxygen atoms in total. The molecule has 1 N–H and O–H groups in total. The van der Waals surface area contributed by atoms with Crippen LogP contribution in [0.3, 0.4) is 0 Å². The van der Waals surface area contributed by atoms with Crippen LogP contribution in [0.25, 0.3) is 0 Å². The molecule has 0 amide bonds. The minimum atomic E-state index is -0.360. The van der Waals surface area contributed by atoms with Crippen molar-refractivity contribution in [3.8, 4) is 5.75 Å². The Morgan fingerprint density at radius 1 is 1.20 bits per heavy atom. The number of carbonyl (C=O) groups excluding carboxylic acids is 1. The van der Waals surface area contributed by atoms with Crippen LogP contribution in [0, 0.1) is 0 Å². The van der Waals surface area contributed by atoms with Crippen molar-refractivity contribution in [2.45, 2.75) is 13.2 Å². The summed E-state index contributed by atoms with van der Waals surface area (Å²) in [5.41, 5.74) is 2.04. The maximum atomic E-state index is 11.3. The van der Waals surface area contributed by atoms with Crippen molar-refractivity contribution >= 4 is 5.97 Å². The molecule has 0 bridgehead atoms. The van der Waals surface area contributed by atoms with Gasteiger partial charge < -0.3 is 14.6 Å². The van der Waals surface area contributed by atoms with E-state index in [1.54, 1.807) is 30.5 Å². The van der Waals surface area contributed by atoms with Gasteiger partial charge in [-0.25, -0.2) is 4.79 Å². The van der Waals surface area contributed by atoms with Crippen LogP contribution in [0.2, 0.25) is 0 Å². The fourth-order valence-corrected chi connectivity index (χ4v) is 1.61. The van der Waals surface area contributed by atoms with Gasteiger partial charge in [-0.15, -0.1) is 0 Å². The predicted octanol–water partition coefficient (Wildman–Crippen LogP) is 1.94. The number of methoxy groups -OCH3 is 1. The summed E-state index contributed by atoms with van der Waals surface area (Å²) in [7, 11) is 1.35. The van der Waals surface area contributed by atoms with E-state index in [1.165, 1.54) is 7.11 Å². The normalized spacial score (nSPS) is 10.1. The molecule has 0 radical (unpaired) electrons. The topological polar surface area (TPSA) is 68.7 Å². The maximum Gasteiger partial charge on any atom is 0.337 e. The van der Waals surface area contributed by atoms with Gasteiger partial charge in [0, 0.05) is 0 Å². The second-order valence-electron chi connectivity index (χ2n) is 4.12. The second-order valence-corrected chi connectivity index (χ2v) is 4.12. The SMILES string of the molecule is COC(=O)c1ccc(COc2ccc(CO)nc2)cc1. The van der Waals surface area contributed by atoms with Crippen LogP contribution in [0.15, 0.2) is 42.6 Å². The molecule has 0 unspecified atom stereocenters. The largest absolute Gasteiger partial charge is 0.487 e. The van der Waals surface area contributed by atoms with Crippen molar-refractivity contribution in [3.63, 3.8) is 0 Å². The highest BCUT2D eigenvalue weighted by atomic mass is 16.5. The lowest BCUT2D eigenvalue weighted by Gasteiger charge is -2.07.